The van der Waals surface area contributed by atoms with Crippen molar-refractivity contribution in [1.29, 1.82) is 0 Å². The SMILES string of the molecule is Cc1c(C=O)[nH]c(-c2ccccc2)c1C. The molecule has 2 aromatic rings. The molecule has 1 N–H and O–H groups in total. The number of carbonyl (C=O) groups is 1. The number of benzene rings is 1. The topological polar surface area (TPSA) is 32.9 Å². The first-order valence-corrected chi connectivity index (χ1v) is 4.94. The van der Waals surface area contributed by atoms with Crippen molar-refractivity contribution in [3.05, 3.63) is 47.2 Å². The van der Waals surface area contributed by atoms with Crippen molar-refractivity contribution < 1.29 is 4.79 Å². The largest absolute Gasteiger partial charge is 0.352 e. The third kappa shape index (κ3) is 1.59. The van der Waals surface area contributed by atoms with Crippen LogP contribution in [-0.4, -0.2) is 11.3 Å². The molecule has 0 radical (unpaired) electrons. The lowest BCUT2D eigenvalue weighted by molar-refractivity contribution is 0.111. The highest BCUT2D eigenvalue weighted by Crippen LogP contribution is 2.25. The van der Waals surface area contributed by atoms with Gasteiger partial charge in [0.1, 0.15) is 0 Å². The molecule has 0 aliphatic carbocycles. The maximum atomic E-state index is 10.8. The number of rotatable bonds is 2. The van der Waals surface area contributed by atoms with Gasteiger partial charge in [-0.3, -0.25) is 4.79 Å². The molecule has 2 heteroatoms. The molecule has 0 fully saturated rings. The lowest BCUT2D eigenvalue weighted by Crippen LogP contribution is -1.81. The molecule has 2 rings (SSSR count). The van der Waals surface area contributed by atoms with Gasteiger partial charge in [-0.25, -0.2) is 0 Å². The van der Waals surface area contributed by atoms with E-state index in [1.807, 2.05) is 44.2 Å². The highest BCUT2D eigenvalue weighted by molar-refractivity contribution is 5.80. The van der Waals surface area contributed by atoms with Gasteiger partial charge in [-0.2, -0.15) is 0 Å². The highest BCUT2D eigenvalue weighted by Gasteiger charge is 2.10. The second-order valence-electron chi connectivity index (χ2n) is 3.65. The summed E-state index contributed by atoms with van der Waals surface area (Å²) >= 11 is 0. The Bertz CT molecular complexity index is 483. The highest BCUT2D eigenvalue weighted by atomic mass is 16.1. The van der Waals surface area contributed by atoms with Crippen LogP contribution in [0.4, 0.5) is 0 Å². The zero-order chi connectivity index (χ0) is 10.8. The van der Waals surface area contributed by atoms with E-state index in [1.54, 1.807) is 0 Å². The molecule has 0 bridgehead atoms. The summed E-state index contributed by atoms with van der Waals surface area (Å²) in [5.74, 6) is 0. The molecule has 2 nitrogen and oxygen atoms in total. The zero-order valence-electron chi connectivity index (χ0n) is 8.87. The van der Waals surface area contributed by atoms with Crippen molar-refractivity contribution >= 4 is 6.29 Å². The summed E-state index contributed by atoms with van der Waals surface area (Å²) in [5, 5.41) is 0. The number of aromatic nitrogens is 1. The summed E-state index contributed by atoms with van der Waals surface area (Å²) in [6, 6.07) is 10.0. The van der Waals surface area contributed by atoms with Crippen molar-refractivity contribution in [3.63, 3.8) is 0 Å². The van der Waals surface area contributed by atoms with E-state index < -0.39 is 0 Å². The van der Waals surface area contributed by atoms with Gasteiger partial charge in [0.15, 0.2) is 6.29 Å². The predicted molar refractivity (Wildman–Crippen MR) is 61.1 cm³/mol. The molecule has 1 aromatic heterocycles. The van der Waals surface area contributed by atoms with E-state index in [2.05, 4.69) is 4.98 Å². The van der Waals surface area contributed by atoms with Crippen LogP contribution >= 0.6 is 0 Å². The summed E-state index contributed by atoms with van der Waals surface area (Å²) in [6.07, 6.45) is 0.870. The summed E-state index contributed by atoms with van der Waals surface area (Å²) in [6.45, 7) is 3.99. The summed E-state index contributed by atoms with van der Waals surface area (Å²) in [5.41, 5.74) is 5.00. The lowest BCUT2D eigenvalue weighted by atomic mass is 10.1. The summed E-state index contributed by atoms with van der Waals surface area (Å²) < 4.78 is 0. The third-order valence-corrected chi connectivity index (χ3v) is 2.78. The second kappa shape index (κ2) is 3.73. The van der Waals surface area contributed by atoms with Crippen LogP contribution in [0.15, 0.2) is 30.3 Å². The third-order valence-electron chi connectivity index (χ3n) is 2.78. The Hall–Kier alpha value is -1.83. The first kappa shape index (κ1) is 9.71. The minimum Gasteiger partial charge on any atom is -0.352 e. The van der Waals surface area contributed by atoms with Gasteiger partial charge in [0.05, 0.1) is 5.69 Å². The maximum absolute atomic E-state index is 10.8. The van der Waals surface area contributed by atoms with Gasteiger partial charge in [-0.1, -0.05) is 30.3 Å². The van der Waals surface area contributed by atoms with E-state index in [0.717, 1.165) is 28.7 Å². The molecule has 76 valence electrons. The fraction of sp³-hybridized carbons (Fsp3) is 0.154. The Balaban J connectivity index is 2.59. The van der Waals surface area contributed by atoms with Crippen LogP contribution in [-0.2, 0) is 0 Å². The Morgan fingerprint density at radius 2 is 1.73 bits per heavy atom. The molecular formula is C13H13NO. The quantitative estimate of drug-likeness (QED) is 0.740. The van der Waals surface area contributed by atoms with E-state index in [4.69, 9.17) is 0 Å². The molecule has 0 spiro atoms. The number of aldehydes is 1. The van der Waals surface area contributed by atoms with Crippen molar-refractivity contribution in [1.82, 2.24) is 4.98 Å². The molecule has 1 aromatic carbocycles. The number of hydrogen-bond donors (Lipinski definition) is 1. The first-order chi connectivity index (χ1) is 7.24. The van der Waals surface area contributed by atoms with Crippen molar-refractivity contribution in [2.24, 2.45) is 0 Å². The number of H-pyrrole nitrogens is 1. The van der Waals surface area contributed by atoms with Crippen LogP contribution in [0.5, 0.6) is 0 Å². The molecule has 0 saturated heterocycles. The van der Waals surface area contributed by atoms with Gasteiger partial charge in [0.25, 0.3) is 0 Å². The lowest BCUT2D eigenvalue weighted by Gasteiger charge is -1.99. The van der Waals surface area contributed by atoms with E-state index >= 15 is 0 Å². The van der Waals surface area contributed by atoms with Crippen LogP contribution in [0.3, 0.4) is 0 Å². The number of nitrogens with one attached hydrogen (secondary N) is 1. The minimum absolute atomic E-state index is 0.673. The normalized spacial score (nSPS) is 10.3. The number of carbonyl (C=O) groups excluding carboxylic acids is 1. The molecular weight excluding hydrogens is 186 g/mol. The minimum atomic E-state index is 0.673. The van der Waals surface area contributed by atoms with Crippen LogP contribution in [0.2, 0.25) is 0 Å². The van der Waals surface area contributed by atoms with E-state index in [0.29, 0.717) is 5.69 Å². The van der Waals surface area contributed by atoms with Crippen molar-refractivity contribution in [3.8, 4) is 11.3 Å². The van der Waals surface area contributed by atoms with Crippen molar-refractivity contribution in [2.75, 3.05) is 0 Å². The molecule has 15 heavy (non-hydrogen) atoms. The van der Waals surface area contributed by atoms with Gasteiger partial charge in [-0.05, 0) is 30.5 Å². The van der Waals surface area contributed by atoms with Gasteiger partial charge in [0, 0.05) is 5.69 Å². The Kier molecular flexibility index (Phi) is 2.42. The maximum Gasteiger partial charge on any atom is 0.166 e. The standard InChI is InChI=1S/C13H13NO/c1-9-10(2)13(14-12(9)8-15)11-6-4-3-5-7-11/h3-8,14H,1-2H3. The van der Waals surface area contributed by atoms with Gasteiger partial charge in [0.2, 0.25) is 0 Å². The monoisotopic (exact) mass is 199 g/mol. The number of hydrogen-bond acceptors (Lipinski definition) is 1. The van der Waals surface area contributed by atoms with Crippen LogP contribution < -0.4 is 0 Å². The van der Waals surface area contributed by atoms with Gasteiger partial charge < -0.3 is 4.98 Å². The molecule has 0 saturated carbocycles. The van der Waals surface area contributed by atoms with Gasteiger partial charge >= 0.3 is 0 Å². The Morgan fingerprint density at radius 1 is 1.07 bits per heavy atom. The molecule has 0 atom stereocenters. The van der Waals surface area contributed by atoms with E-state index in [9.17, 15) is 4.79 Å². The predicted octanol–water partition coefficient (Wildman–Crippen LogP) is 3.11. The average molecular weight is 199 g/mol. The van der Waals surface area contributed by atoms with Crippen LogP contribution in [0.25, 0.3) is 11.3 Å². The van der Waals surface area contributed by atoms with E-state index in [1.165, 1.54) is 0 Å². The second-order valence-corrected chi connectivity index (χ2v) is 3.65. The summed E-state index contributed by atoms with van der Waals surface area (Å²) in [7, 11) is 0. The fourth-order valence-electron chi connectivity index (χ4n) is 1.72. The molecule has 1 heterocycles. The zero-order valence-corrected chi connectivity index (χ0v) is 8.87. The van der Waals surface area contributed by atoms with Crippen LogP contribution in [0.1, 0.15) is 21.6 Å². The smallest absolute Gasteiger partial charge is 0.166 e. The Morgan fingerprint density at radius 3 is 2.27 bits per heavy atom. The Labute approximate surface area is 89.0 Å². The summed E-state index contributed by atoms with van der Waals surface area (Å²) in [4.78, 5) is 13.9. The first-order valence-electron chi connectivity index (χ1n) is 4.94. The molecule has 0 amide bonds. The van der Waals surface area contributed by atoms with E-state index in [-0.39, 0.29) is 0 Å². The fourth-order valence-corrected chi connectivity index (χ4v) is 1.72. The number of aromatic amines is 1. The van der Waals surface area contributed by atoms with Crippen molar-refractivity contribution in [2.45, 2.75) is 13.8 Å². The average Bonchev–Trinajstić information content (AvgIpc) is 2.57. The van der Waals surface area contributed by atoms with Crippen LogP contribution in [0, 0.1) is 13.8 Å². The van der Waals surface area contributed by atoms with Gasteiger partial charge in [-0.15, -0.1) is 0 Å². The molecule has 0 aliphatic rings. The molecule has 0 aliphatic heterocycles. The molecule has 0 unspecified atom stereocenters.